The van der Waals surface area contributed by atoms with Crippen LogP contribution in [0, 0.1) is 11.3 Å². The molecule has 0 unspecified atom stereocenters. The van der Waals surface area contributed by atoms with Crippen LogP contribution < -0.4 is 24.6 Å². The van der Waals surface area contributed by atoms with Crippen LogP contribution in [0.15, 0.2) is 48.7 Å². The highest BCUT2D eigenvalue weighted by atomic mass is 16.5. The first kappa shape index (κ1) is 28.2. The van der Waals surface area contributed by atoms with Gasteiger partial charge in [0.2, 0.25) is 11.8 Å². The van der Waals surface area contributed by atoms with Crippen molar-refractivity contribution in [2.75, 3.05) is 62.8 Å². The Morgan fingerprint density at radius 3 is 2.76 bits per heavy atom. The van der Waals surface area contributed by atoms with Crippen LogP contribution in [0.3, 0.4) is 0 Å². The number of rotatable bonds is 9. The van der Waals surface area contributed by atoms with Gasteiger partial charge in [-0.25, -0.2) is 14.8 Å². The van der Waals surface area contributed by atoms with E-state index in [1.807, 2.05) is 49.2 Å². The lowest BCUT2D eigenvalue weighted by atomic mass is 10.1. The Morgan fingerprint density at radius 1 is 1.10 bits per heavy atom. The smallest absolute Gasteiger partial charge is 0.324 e. The summed E-state index contributed by atoms with van der Waals surface area (Å²) in [5.41, 5.74) is 4.81. The summed E-state index contributed by atoms with van der Waals surface area (Å²) in [7, 11) is 1.89. The molecule has 1 aromatic carbocycles. The zero-order chi connectivity index (χ0) is 28.8. The number of carbonyl (C=O) groups excluding carboxylic acids is 1. The quantitative estimate of drug-likeness (QED) is 0.394. The standard InChI is InChI=1S/C31H37N7O3/c1-4-24-21-36(31(39)38-16-13-22-8-6-9-23(20-32)28(22)38)17-18-37(24)27-12-11-26(35-30(27)41-19-15-33-3)25-10-7-14-34-29(25)40-5-2/h6-12,14,24,33H,4-5,13,15-19,21H2,1-3H3/t24-/m1/s1. The number of anilines is 2. The normalized spacial score (nSPS) is 16.3. The first-order valence-corrected chi connectivity index (χ1v) is 14.3. The van der Waals surface area contributed by atoms with E-state index in [2.05, 4.69) is 34.3 Å². The molecule has 10 heteroatoms. The minimum absolute atomic E-state index is 0.0384. The molecule has 2 aromatic heterocycles. The number of aromatic nitrogens is 2. The highest BCUT2D eigenvalue weighted by Crippen LogP contribution is 2.36. The number of amides is 2. The van der Waals surface area contributed by atoms with Crippen LogP contribution in [0.5, 0.6) is 11.8 Å². The summed E-state index contributed by atoms with van der Waals surface area (Å²) in [6.45, 7) is 8.10. The molecule has 0 aliphatic carbocycles. The van der Waals surface area contributed by atoms with Crippen LogP contribution in [-0.2, 0) is 6.42 Å². The fraction of sp³-hybridized carbons (Fsp3) is 0.419. The van der Waals surface area contributed by atoms with E-state index in [-0.39, 0.29) is 12.1 Å². The van der Waals surface area contributed by atoms with Gasteiger partial charge in [0.25, 0.3) is 0 Å². The summed E-state index contributed by atoms with van der Waals surface area (Å²) in [4.78, 5) is 29.0. The highest BCUT2D eigenvalue weighted by Gasteiger charge is 2.36. The molecule has 4 heterocycles. The van der Waals surface area contributed by atoms with Gasteiger partial charge in [-0.05, 0) is 62.7 Å². The van der Waals surface area contributed by atoms with Crippen molar-refractivity contribution < 1.29 is 14.3 Å². The van der Waals surface area contributed by atoms with Crippen molar-refractivity contribution in [3.63, 3.8) is 0 Å². The Labute approximate surface area is 241 Å². The Bertz CT molecular complexity index is 1420. The van der Waals surface area contributed by atoms with Gasteiger partial charge in [0.1, 0.15) is 18.4 Å². The number of likely N-dealkylation sites (N-methyl/N-ethyl adjacent to an activating group) is 1. The number of carbonyl (C=O) groups is 1. The molecule has 0 radical (unpaired) electrons. The van der Waals surface area contributed by atoms with Crippen molar-refractivity contribution in [3.8, 4) is 29.1 Å². The number of hydrogen-bond donors (Lipinski definition) is 1. The predicted octanol–water partition coefficient (Wildman–Crippen LogP) is 4.10. The molecule has 1 saturated heterocycles. The molecule has 0 saturated carbocycles. The fourth-order valence-corrected chi connectivity index (χ4v) is 5.60. The summed E-state index contributed by atoms with van der Waals surface area (Å²) in [6.07, 6.45) is 3.32. The van der Waals surface area contributed by atoms with Crippen LogP contribution in [0.25, 0.3) is 11.3 Å². The fourth-order valence-electron chi connectivity index (χ4n) is 5.60. The number of pyridine rings is 2. The Morgan fingerprint density at radius 2 is 1.98 bits per heavy atom. The van der Waals surface area contributed by atoms with Gasteiger partial charge in [-0.3, -0.25) is 4.90 Å². The number of nitriles is 1. The maximum Gasteiger partial charge on any atom is 0.324 e. The van der Waals surface area contributed by atoms with Crippen molar-refractivity contribution in [2.45, 2.75) is 32.7 Å². The third-order valence-corrected chi connectivity index (χ3v) is 7.64. The van der Waals surface area contributed by atoms with Gasteiger partial charge < -0.3 is 24.6 Å². The number of piperazine rings is 1. The average molecular weight is 556 g/mol. The first-order valence-electron chi connectivity index (χ1n) is 14.3. The van der Waals surface area contributed by atoms with Gasteiger partial charge in [0, 0.05) is 45.0 Å². The van der Waals surface area contributed by atoms with Crippen LogP contribution in [-0.4, -0.2) is 79.9 Å². The Hall–Kier alpha value is -4.36. The van der Waals surface area contributed by atoms with E-state index in [0.29, 0.717) is 63.3 Å². The number of para-hydroxylation sites is 1. The summed E-state index contributed by atoms with van der Waals surface area (Å²) >= 11 is 0. The number of ether oxygens (including phenoxy) is 2. The van der Waals surface area contributed by atoms with Crippen molar-refractivity contribution in [1.29, 1.82) is 5.26 Å². The van der Waals surface area contributed by atoms with Gasteiger partial charge >= 0.3 is 6.03 Å². The number of nitrogens with zero attached hydrogens (tertiary/aromatic N) is 6. The maximum absolute atomic E-state index is 13.7. The van der Waals surface area contributed by atoms with Crippen LogP contribution in [0.4, 0.5) is 16.2 Å². The first-order chi connectivity index (χ1) is 20.1. The second-order valence-electron chi connectivity index (χ2n) is 10.1. The molecule has 2 aliphatic rings. The molecular formula is C31H37N7O3. The van der Waals surface area contributed by atoms with Crippen molar-refractivity contribution in [3.05, 3.63) is 59.8 Å². The summed E-state index contributed by atoms with van der Waals surface area (Å²) < 4.78 is 12.0. The average Bonchev–Trinajstić information content (AvgIpc) is 3.45. The lowest BCUT2D eigenvalue weighted by Gasteiger charge is -2.43. The number of fused-ring (bicyclic) bond motifs is 1. The van der Waals surface area contributed by atoms with Crippen molar-refractivity contribution in [2.24, 2.45) is 0 Å². The molecule has 0 bridgehead atoms. The monoisotopic (exact) mass is 555 g/mol. The van der Waals surface area contributed by atoms with Gasteiger partial charge in [-0.15, -0.1) is 0 Å². The minimum atomic E-state index is -0.0384. The van der Waals surface area contributed by atoms with E-state index >= 15 is 0 Å². The molecule has 5 rings (SSSR count). The third-order valence-electron chi connectivity index (χ3n) is 7.64. The molecular weight excluding hydrogens is 518 g/mol. The van der Waals surface area contributed by atoms with Crippen LogP contribution >= 0.6 is 0 Å². The number of nitrogens with one attached hydrogen (secondary N) is 1. The largest absolute Gasteiger partial charge is 0.477 e. The van der Waals surface area contributed by atoms with Gasteiger partial charge in [-0.2, -0.15) is 5.26 Å². The van der Waals surface area contributed by atoms with Crippen LogP contribution in [0.2, 0.25) is 0 Å². The number of urea groups is 1. The molecule has 1 atom stereocenters. The van der Waals surface area contributed by atoms with Gasteiger partial charge in [-0.1, -0.05) is 19.1 Å². The number of benzene rings is 1. The van der Waals surface area contributed by atoms with E-state index in [1.165, 1.54) is 0 Å². The molecule has 214 valence electrons. The van der Waals surface area contributed by atoms with Crippen molar-refractivity contribution in [1.82, 2.24) is 20.2 Å². The minimum Gasteiger partial charge on any atom is -0.477 e. The summed E-state index contributed by atoms with van der Waals surface area (Å²) in [6, 6.07) is 15.8. The van der Waals surface area contributed by atoms with Gasteiger partial charge in [0.05, 0.1) is 29.1 Å². The molecule has 10 nitrogen and oxygen atoms in total. The zero-order valence-corrected chi connectivity index (χ0v) is 24.0. The van der Waals surface area contributed by atoms with Gasteiger partial charge in [0.15, 0.2) is 0 Å². The molecule has 2 amide bonds. The molecule has 3 aromatic rings. The molecule has 2 aliphatic heterocycles. The second kappa shape index (κ2) is 12.9. The zero-order valence-electron chi connectivity index (χ0n) is 24.0. The molecule has 1 N–H and O–H groups in total. The SMILES string of the molecule is CCOc1ncccc1-c1ccc(N2CCN(C(=O)N3CCc4cccc(C#N)c43)C[C@H]2CC)c(OCCNC)n1. The van der Waals surface area contributed by atoms with E-state index < -0.39 is 0 Å². The maximum atomic E-state index is 13.7. The van der Waals surface area contributed by atoms with Crippen LogP contribution in [0.1, 0.15) is 31.4 Å². The Balaban J connectivity index is 1.40. The highest BCUT2D eigenvalue weighted by molar-refractivity contribution is 5.96. The summed E-state index contributed by atoms with van der Waals surface area (Å²) in [5.74, 6) is 1.09. The molecule has 1 fully saturated rings. The summed E-state index contributed by atoms with van der Waals surface area (Å²) in [5, 5.41) is 12.8. The number of hydrogen-bond acceptors (Lipinski definition) is 8. The molecule has 41 heavy (non-hydrogen) atoms. The van der Waals surface area contributed by atoms with E-state index in [1.54, 1.807) is 17.2 Å². The topological polar surface area (TPSA) is 107 Å². The van der Waals surface area contributed by atoms with E-state index in [9.17, 15) is 10.1 Å². The lowest BCUT2D eigenvalue weighted by Crippen LogP contribution is -2.57. The lowest BCUT2D eigenvalue weighted by molar-refractivity contribution is 0.190. The van der Waals surface area contributed by atoms with Crippen molar-refractivity contribution >= 4 is 17.4 Å². The third kappa shape index (κ3) is 5.77. The molecule has 0 spiro atoms. The second-order valence-corrected chi connectivity index (χ2v) is 10.1. The predicted molar refractivity (Wildman–Crippen MR) is 159 cm³/mol. The van der Waals surface area contributed by atoms with E-state index in [4.69, 9.17) is 14.5 Å². The van der Waals surface area contributed by atoms with E-state index in [0.717, 1.165) is 41.0 Å². The Kier molecular flexibility index (Phi) is 8.85.